The van der Waals surface area contributed by atoms with Gasteiger partial charge in [-0.05, 0) is 58.4 Å². The summed E-state index contributed by atoms with van der Waals surface area (Å²) in [6.07, 6.45) is 0. The van der Waals surface area contributed by atoms with E-state index in [4.69, 9.17) is 12.2 Å². The van der Waals surface area contributed by atoms with Crippen LogP contribution < -0.4 is 16.2 Å². The average Bonchev–Trinajstić information content (AvgIpc) is 2.64. The SMILES string of the molecule is CC(C)(C)c1ccc(C(=O)NNC(=S)NC(=O)c2ccc(C(C)(C)C)c(Br)c2)cc1. The molecule has 0 bridgehead atoms. The summed E-state index contributed by atoms with van der Waals surface area (Å²) in [6, 6.07) is 12.8. The molecule has 2 aromatic carbocycles. The molecule has 160 valence electrons. The van der Waals surface area contributed by atoms with Crippen molar-refractivity contribution in [3.8, 4) is 0 Å². The Balaban J connectivity index is 1.93. The largest absolute Gasteiger partial charge is 0.298 e. The van der Waals surface area contributed by atoms with Gasteiger partial charge in [0.2, 0.25) is 0 Å². The van der Waals surface area contributed by atoms with Crippen LogP contribution in [-0.4, -0.2) is 16.9 Å². The molecule has 30 heavy (non-hydrogen) atoms. The summed E-state index contributed by atoms with van der Waals surface area (Å²) in [5, 5.41) is 2.57. The third-order valence-electron chi connectivity index (χ3n) is 4.57. The van der Waals surface area contributed by atoms with Gasteiger partial charge in [-0.25, -0.2) is 0 Å². The number of amides is 2. The second-order valence-electron chi connectivity index (χ2n) is 9.13. The average molecular weight is 490 g/mol. The van der Waals surface area contributed by atoms with E-state index in [1.807, 2.05) is 18.2 Å². The van der Waals surface area contributed by atoms with Crippen LogP contribution in [0.3, 0.4) is 0 Å². The zero-order chi connectivity index (χ0) is 22.7. The van der Waals surface area contributed by atoms with Crippen LogP contribution in [0.5, 0.6) is 0 Å². The number of hydrogen-bond acceptors (Lipinski definition) is 3. The molecular weight excluding hydrogens is 462 g/mol. The summed E-state index contributed by atoms with van der Waals surface area (Å²) in [6.45, 7) is 12.6. The van der Waals surface area contributed by atoms with Gasteiger partial charge in [0, 0.05) is 15.6 Å². The molecule has 3 N–H and O–H groups in total. The quantitative estimate of drug-likeness (QED) is 0.410. The van der Waals surface area contributed by atoms with Gasteiger partial charge in [0.05, 0.1) is 0 Å². The van der Waals surface area contributed by atoms with Crippen LogP contribution in [0, 0.1) is 0 Å². The van der Waals surface area contributed by atoms with Gasteiger partial charge >= 0.3 is 0 Å². The summed E-state index contributed by atoms with van der Waals surface area (Å²) in [7, 11) is 0. The Hall–Kier alpha value is -2.25. The Labute approximate surface area is 192 Å². The van der Waals surface area contributed by atoms with Crippen molar-refractivity contribution >= 4 is 45.1 Å². The van der Waals surface area contributed by atoms with E-state index in [0.29, 0.717) is 11.1 Å². The third kappa shape index (κ3) is 6.37. The summed E-state index contributed by atoms with van der Waals surface area (Å²) in [4.78, 5) is 24.7. The van der Waals surface area contributed by atoms with Crippen molar-refractivity contribution in [3.63, 3.8) is 0 Å². The number of rotatable bonds is 2. The van der Waals surface area contributed by atoms with E-state index in [2.05, 4.69) is 73.6 Å². The smallest absolute Gasteiger partial charge is 0.269 e. The number of hydrazine groups is 1. The summed E-state index contributed by atoms with van der Waals surface area (Å²) in [5.41, 5.74) is 8.23. The lowest BCUT2D eigenvalue weighted by molar-refractivity contribution is 0.0934. The molecule has 0 aliphatic heterocycles. The Kier molecular flexibility index (Phi) is 7.42. The first kappa shape index (κ1) is 24.0. The van der Waals surface area contributed by atoms with Crippen LogP contribution in [0.25, 0.3) is 0 Å². The van der Waals surface area contributed by atoms with Crippen LogP contribution in [0.4, 0.5) is 0 Å². The van der Waals surface area contributed by atoms with Crippen LogP contribution in [0.2, 0.25) is 0 Å². The Bertz CT molecular complexity index is 958. The van der Waals surface area contributed by atoms with E-state index >= 15 is 0 Å². The Morgan fingerprint density at radius 1 is 0.800 bits per heavy atom. The van der Waals surface area contributed by atoms with Crippen molar-refractivity contribution < 1.29 is 9.59 Å². The molecule has 0 aliphatic carbocycles. The molecule has 7 heteroatoms. The molecule has 2 aromatic rings. The van der Waals surface area contributed by atoms with Crippen molar-refractivity contribution in [2.45, 2.75) is 52.4 Å². The van der Waals surface area contributed by atoms with Crippen LogP contribution >= 0.6 is 28.1 Å². The number of thiocarbonyl (C=S) groups is 1. The molecule has 0 aliphatic rings. The maximum atomic E-state index is 12.4. The van der Waals surface area contributed by atoms with Gasteiger partial charge in [0.25, 0.3) is 11.8 Å². The molecule has 2 amide bonds. The molecule has 2 rings (SSSR count). The van der Waals surface area contributed by atoms with E-state index < -0.39 is 0 Å². The van der Waals surface area contributed by atoms with Gasteiger partial charge in [-0.3, -0.25) is 25.8 Å². The third-order valence-corrected chi connectivity index (χ3v) is 5.43. The highest BCUT2D eigenvalue weighted by Crippen LogP contribution is 2.30. The first-order valence-electron chi connectivity index (χ1n) is 9.61. The first-order valence-corrected chi connectivity index (χ1v) is 10.8. The predicted molar refractivity (Wildman–Crippen MR) is 129 cm³/mol. The van der Waals surface area contributed by atoms with Crippen LogP contribution in [0.15, 0.2) is 46.9 Å². The van der Waals surface area contributed by atoms with E-state index in [-0.39, 0.29) is 27.8 Å². The summed E-state index contributed by atoms with van der Waals surface area (Å²) < 4.78 is 0.855. The molecule has 0 saturated carbocycles. The van der Waals surface area contributed by atoms with Crippen molar-refractivity contribution in [1.29, 1.82) is 0 Å². The highest BCUT2D eigenvalue weighted by atomic mass is 79.9. The number of benzene rings is 2. The topological polar surface area (TPSA) is 70.2 Å². The normalized spacial score (nSPS) is 11.6. The lowest BCUT2D eigenvalue weighted by atomic mass is 9.86. The summed E-state index contributed by atoms with van der Waals surface area (Å²) in [5.74, 6) is -0.707. The van der Waals surface area contributed by atoms with Gasteiger partial charge < -0.3 is 0 Å². The van der Waals surface area contributed by atoms with Crippen LogP contribution in [0.1, 0.15) is 73.4 Å². The molecule has 0 unspecified atom stereocenters. The second-order valence-corrected chi connectivity index (χ2v) is 10.4. The number of hydrogen-bond donors (Lipinski definition) is 3. The van der Waals surface area contributed by atoms with Crippen molar-refractivity contribution in [2.75, 3.05) is 0 Å². The molecule has 0 saturated heterocycles. The van der Waals surface area contributed by atoms with Gasteiger partial charge in [0.1, 0.15) is 0 Å². The number of halogens is 1. The zero-order valence-corrected chi connectivity index (χ0v) is 20.5. The lowest BCUT2D eigenvalue weighted by Gasteiger charge is -2.21. The molecule has 0 aromatic heterocycles. The number of carbonyl (C=O) groups is 2. The minimum absolute atomic E-state index is 0.00989. The fourth-order valence-electron chi connectivity index (χ4n) is 2.78. The highest BCUT2D eigenvalue weighted by Gasteiger charge is 2.19. The highest BCUT2D eigenvalue weighted by molar-refractivity contribution is 9.10. The second kappa shape index (κ2) is 9.27. The van der Waals surface area contributed by atoms with Crippen LogP contribution in [-0.2, 0) is 10.8 Å². The van der Waals surface area contributed by atoms with Gasteiger partial charge in [-0.2, -0.15) is 0 Å². The fraction of sp³-hybridized carbons (Fsp3) is 0.348. The van der Waals surface area contributed by atoms with Gasteiger partial charge in [0.15, 0.2) is 5.11 Å². The van der Waals surface area contributed by atoms with E-state index in [1.165, 1.54) is 0 Å². The zero-order valence-electron chi connectivity index (χ0n) is 18.1. The lowest BCUT2D eigenvalue weighted by Crippen LogP contribution is -2.48. The van der Waals surface area contributed by atoms with E-state index in [9.17, 15) is 9.59 Å². The van der Waals surface area contributed by atoms with Crippen molar-refractivity contribution in [3.05, 3.63) is 69.2 Å². The minimum Gasteiger partial charge on any atom is -0.298 e. The molecular formula is C23H28BrN3O2S. The number of nitrogens with one attached hydrogen (secondary N) is 3. The maximum absolute atomic E-state index is 12.4. The first-order chi connectivity index (χ1) is 13.8. The molecule has 0 heterocycles. The molecule has 0 spiro atoms. The fourth-order valence-corrected chi connectivity index (χ4v) is 3.90. The molecule has 0 fully saturated rings. The van der Waals surface area contributed by atoms with Crippen molar-refractivity contribution in [2.24, 2.45) is 0 Å². The Morgan fingerprint density at radius 2 is 1.37 bits per heavy atom. The van der Waals surface area contributed by atoms with Crippen molar-refractivity contribution in [1.82, 2.24) is 16.2 Å². The van der Waals surface area contributed by atoms with E-state index in [1.54, 1.807) is 24.3 Å². The van der Waals surface area contributed by atoms with Gasteiger partial charge in [-0.15, -0.1) is 0 Å². The molecule has 0 atom stereocenters. The predicted octanol–water partition coefficient (Wildman–Crippen LogP) is 4.99. The monoisotopic (exact) mass is 489 g/mol. The molecule has 0 radical (unpaired) electrons. The minimum atomic E-state index is -0.363. The standard InChI is InChI=1S/C23H28BrN3O2S/c1-22(2,3)16-10-7-14(8-11-16)20(29)26-27-21(30)25-19(28)15-9-12-17(18(24)13-15)23(4,5)6/h7-13H,1-6H3,(H,26,29)(H2,25,27,28,30). The summed E-state index contributed by atoms with van der Waals surface area (Å²) >= 11 is 8.64. The van der Waals surface area contributed by atoms with E-state index in [0.717, 1.165) is 15.6 Å². The van der Waals surface area contributed by atoms with Gasteiger partial charge in [-0.1, -0.05) is 75.7 Å². The maximum Gasteiger partial charge on any atom is 0.269 e. The number of carbonyl (C=O) groups excluding carboxylic acids is 2. The molecule has 5 nitrogen and oxygen atoms in total. The Morgan fingerprint density at radius 3 is 1.87 bits per heavy atom.